The molecule has 8 nitrogen and oxygen atoms in total. The van der Waals surface area contributed by atoms with E-state index in [2.05, 4.69) is 30.1 Å². The van der Waals surface area contributed by atoms with Crippen LogP contribution >= 0.6 is 11.8 Å². The number of hydrogen-bond acceptors (Lipinski definition) is 7. The molecule has 0 aliphatic carbocycles. The van der Waals surface area contributed by atoms with Gasteiger partial charge in [0.15, 0.2) is 11.2 Å². The minimum Gasteiger partial charge on any atom is -0.340 e. The van der Waals surface area contributed by atoms with Gasteiger partial charge in [0, 0.05) is 57.8 Å². The molecule has 0 radical (unpaired) electrons. The fourth-order valence-electron chi connectivity index (χ4n) is 3.08. The first-order valence-corrected chi connectivity index (χ1v) is 9.14. The molecule has 0 aromatic carbocycles. The molecule has 124 valence electrons. The molecule has 23 heavy (non-hydrogen) atoms. The first-order valence-electron chi connectivity index (χ1n) is 7.99. The van der Waals surface area contributed by atoms with Gasteiger partial charge < -0.3 is 20.1 Å². The quantitative estimate of drug-likeness (QED) is 0.774. The Morgan fingerprint density at radius 3 is 2.52 bits per heavy atom. The highest BCUT2D eigenvalue weighted by atomic mass is 32.2. The summed E-state index contributed by atoms with van der Waals surface area (Å²) >= 11 is 1.94. The van der Waals surface area contributed by atoms with Crippen LogP contribution in [0.1, 0.15) is 0 Å². The number of fused-ring (bicyclic) bond motifs is 1. The zero-order valence-electron chi connectivity index (χ0n) is 13.2. The van der Waals surface area contributed by atoms with Crippen LogP contribution in [0.4, 0.5) is 11.9 Å². The molecular formula is C14H21N7OS. The van der Waals surface area contributed by atoms with Crippen molar-refractivity contribution in [2.24, 2.45) is 7.05 Å². The van der Waals surface area contributed by atoms with Crippen molar-refractivity contribution >= 4 is 34.8 Å². The van der Waals surface area contributed by atoms with Crippen LogP contribution in [0.25, 0.3) is 11.2 Å². The normalized spacial score (nSPS) is 19.5. The zero-order valence-corrected chi connectivity index (χ0v) is 14.0. The summed E-state index contributed by atoms with van der Waals surface area (Å²) in [5, 5.41) is 3.32. The van der Waals surface area contributed by atoms with Gasteiger partial charge in [-0.2, -0.15) is 21.7 Å². The maximum absolute atomic E-state index is 12.7. The summed E-state index contributed by atoms with van der Waals surface area (Å²) in [6.45, 7) is 5.47. The lowest BCUT2D eigenvalue weighted by atomic mass is 10.4. The van der Waals surface area contributed by atoms with Gasteiger partial charge in [-0.25, -0.2) is 0 Å². The third kappa shape index (κ3) is 2.67. The van der Waals surface area contributed by atoms with Crippen molar-refractivity contribution in [2.75, 3.05) is 60.6 Å². The van der Waals surface area contributed by atoms with Crippen LogP contribution in [0.15, 0.2) is 4.79 Å². The molecule has 2 N–H and O–H groups in total. The first kappa shape index (κ1) is 14.8. The van der Waals surface area contributed by atoms with Gasteiger partial charge in [-0.3, -0.25) is 9.36 Å². The van der Waals surface area contributed by atoms with Gasteiger partial charge in [-0.15, -0.1) is 0 Å². The van der Waals surface area contributed by atoms with Crippen LogP contribution in [0.2, 0.25) is 0 Å². The molecule has 2 aromatic rings. The fraction of sp³-hybridized carbons (Fsp3) is 0.643. The summed E-state index contributed by atoms with van der Waals surface area (Å²) in [6, 6.07) is 0. The Balaban J connectivity index is 1.75. The molecule has 0 spiro atoms. The number of nitrogens with zero attached hydrogens (tertiary/aromatic N) is 5. The van der Waals surface area contributed by atoms with Crippen LogP contribution in [0.5, 0.6) is 0 Å². The van der Waals surface area contributed by atoms with Crippen molar-refractivity contribution in [3.8, 4) is 0 Å². The van der Waals surface area contributed by atoms with Gasteiger partial charge in [0.25, 0.3) is 5.56 Å². The number of thioether (sulfide) groups is 1. The van der Waals surface area contributed by atoms with E-state index in [-0.39, 0.29) is 5.56 Å². The third-order valence-electron chi connectivity index (χ3n) is 4.41. The highest BCUT2D eigenvalue weighted by Crippen LogP contribution is 2.19. The summed E-state index contributed by atoms with van der Waals surface area (Å²) in [7, 11) is 1.79. The second-order valence-electron chi connectivity index (χ2n) is 5.87. The SMILES string of the molecule is Cn1c(N2CCSCC2)nc2nc(N3CCNCC3)[nH]c2c1=O. The predicted molar refractivity (Wildman–Crippen MR) is 93.8 cm³/mol. The van der Waals surface area contributed by atoms with Crippen LogP contribution in [0, 0.1) is 0 Å². The van der Waals surface area contributed by atoms with E-state index in [1.807, 2.05) is 11.8 Å². The molecular weight excluding hydrogens is 314 g/mol. The number of H-pyrrole nitrogens is 1. The van der Waals surface area contributed by atoms with E-state index in [0.29, 0.717) is 11.2 Å². The Morgan fingerprint density at radius 1 is 1.04 bits per heavy atom. The number of hydrogen-bond donors (Lipinski definition) is 2. The van der Waals surface area contributed by atoms with Crippen molar-refractivity contribution < 1.29 is 0 Å². The fourth-order valence-corrected chi connectivity index (χ4v) is 3.99. The zero-order chi connectivity index (χ0) is 15.8. The van der Waals surface area contributed by atoms with E-state index >= 15 is 0 Å². The molecule has 0 bridgehead atoms. The Morgan fingerprint density at radius 2 is 1.78 bits per heavy atom. The van der Waals surface area contributed by atoms with Gasteiger partial charge in [-0.1, -0.05) is 0 Å². The standard InChI is InChI=1S/C14H21N7OS/c1-19-12(22)10-11(18-14(19)21-6-8-23-9-7-21)17-13(16-10)20-4-2-15-3-5-20/h15H,2-9H2,1H3,(H,16,17). The average Bonchev–Trinajstić information content (AvgIpc) is 3.04. The monoisotopic (exact) mass is 335 g/mol. The minimum absolute atomic E-state index is 0.0582. The molecule has 2 fully saturated rings. The average molecular weight is 335 g/mol. The number of anilines is 2. The lowest BCUT2D eigenvalue weighted by Crippen LogP contribution is -2.44. The molecule has 4 heterocycles. The molecule has 0 amide bonds. The maximum Gasteiger partial charge on any atom is 0.280 e. The van der Waals surface area contributed by atoms with E-state index in [0.717, 1.165) is 62.7 Å². The molecule has 2 aliphatic heterocycles. The smallest absolute Gasteiger partial charge is 0.280 e. The second kappa shape index (κ2) is 6.04. The Hall–Kier alpha value is -1.74. The predicted octanol–water partition coefficient (Wildman–Crippen LogP) is -0.381. The highest BCUT2D eigenvalue weighted by molar-refractivity contribution is 7.99. The Labute approximate surface area is 138 Å². The number of aromatic amines is 1. The first-order chi connectivity index (χ1) is 11.2. The minimum atomic E-state index is -0.0582. The van der Waals surface area contributed by atoms with E-state index < -0.39 is 0 Å². The lowest BCUT2D eigenvalue weighted by molar-refractivity contribution is 0.582. The lowest BCUT2D eigenvalue weighted by Gasteiger charge is -2.28. The Kier molecular flexibility index (Phi) is 3.90. The third-order valence-corrected chi connectivity index (χ3v) is 5.35. The largest absolute Gasteiger partial charge is 0.340 e. The highest BCUT2D eigenvalue weighted by Gasteiger charge is 2.21. The molecule has 0 unspecified atom stereocenters. The molecule has 2 aliphatic rings. The van der Waals surface area contributed by atoms with Crippen molar-refractivity contribution in [3.05, 3.63) is 10.4 Å². The summed E-state index contributed by atoms with van der Waals surface area (Å²) < 4.78 is 1.64. The van der Waals surface area contributed by atoms with E-state index in [1.54, 1.807) is 11.6 Å². The number of imidazole rings is 1. The topological polar surface area (TPSA) is 82.1 Å². The molecule has 0 atom stereocenters. The van der Waals surface area contributed by atoms with Gasteiger partial charge in [0.1, 0.15) is 0 Å². The van der Waals surface area contributed by atoms with Crippen molar-refractivity contribution in [3.63, 3.8) is 0 Å². The molecule has 0 saturated carbocycles. The van der Waals surface area contributed by atoms with Crippen LogP contribution in [-0.4, -0.2) is 70.3 Å². The summed E-state index contributed by atoms with van der Waals surface area (Å²) in [6.07, 6.45) is 0. The van der Waals surface area contributed by atoms with Crippen molar-refractivity contribution in [1.82, 2.24) is 24.8 Å². The van der Waals surface area contributed by atoms with Crippen molar-refractivity contribution in [2.45, 2.75) is 0 Å². The molecule has 9 heteroatoms. The Bertz CT molecular complexity index is 758. The van der Waals surface area contributed by atoms with Gasteiger partial charge in [0.05, 0.1) is 0 Å². The van der Waals surface area contributed by atoms with Crippen molar-refractivity contribution in [1.29, 1.82) is 0 Å². The van der Waals surface area contributed by atoms with Crippen LogP contribution < -0.4 is 20.7 Å². The number of nitrogens with one attached hydrogen (secondary N) is 2. The summed E-state index contributed by atoms with van der Waals surface area (Å²) in [5.74, 6) is 3.61. The molecule has 2 aromatic heterocycles. The number of aromatic nitrogens is 4. The van der Waals surface area contributed by atoms with Crippen LogP contribution in [-0.2, 0) is 7.05 Å². The summed E-state index contributed by atoms with van der Waals surface area (Å²) in [5.41, 5.74) is 0.961. The second-order valence-corrected chi connectivity index (χ2v) is 7.10. The van der Waals surface area contributed by atoms with Gasteiger partial charge in [-0.05, 0) is 0 Å². The van der Waals surface area contributed by atoms with E-state index in [4.69, 9.17) is 0 Å². The van der Waals surface area contributed by atoms with E-state index in [9.17, 15) is 4.79 Å². The molecule has 2 saturated heterocycles. The number of piperazine rings is 1. The van der Waals surface area contributed by atoms with Crippen LogP contribution in [0.3, 0.4) is 0 Å². The van der Waals surface area contributed by atoms with Gasteiger partial charge >= 0.3 is 0 Å². The summed E-state index contributed by atoms with van der Waals surface area (Å²) in [4.78, 5) is 29.4. The van der Waals surface area contributed by atoms with Gasteiger partial charge in [0.2, 0.25) is 11.9 Å². The molecule has 4 rings (SSSR count). The number of rotatable bonds is 2. The maximum atomic E-state index is 12.7. The van der Waals surface area contributed by atoms with E-state index in [1.165, 1.54) is 0 Å².